The third kappa shape index (κ3) is 2.98. The molecule has 0 spiro atoms. The van der Waals surface area contributed by atoms with Gasteiger partial charge in [-0.15, -0.1) is 11.3 Å². The highest BCUT2D eigenvalue weighted by atomic mass is 32.2. The molecule has 0 atom stereocenters. The summed E-state index contributed by atoms with van der Waals surface area (Å²) in [5.74, 6) is -0.0628. The van der Waals surface area contributed by atoms with Crippen molar-refractivity contribution in [3.05, 3.63) is 17.0 Å². The van der Waals surface area contributed by atoms with Gasteiger partial charge in [0.15, 0.2) is 0 Å². The van der Waals surface area contributed by atoms with Crippen molar-refractivity contribution >= 4 is 27.3 Å². The SMILES string of the molecule is O=C(c1csc(S(=O)(=O)N2CCOCC2)c1)N1CCCC1. The largest absolute Gasteiger partial charge is 0.379 e. The van der Waals surface area contributed by atoms with E-state index in [0.717, 1.165) is 37.3 Å². The summed E-state index contributed by atoms with van der Waals surface area (Å²) in [4.78, 5) is 14.1. The molecule has 2 fully saturated rings. The number of ether oxygens (including phenoxy) is 1. The van der Waals surface area contributed by atoms with Crippen LogP contribution < -0.4 is 0 Å². The maximum Gasteiger partial charge on any atom is 0.254 e. The molecule has 2 saturated heterocycles. The lowest BCUT2D eigenvalue weighted by atomic mass is 10.3. The van der Waals surface area contributed by atoms with E-state index in [1.807, 2.05) is 0 Å². The summed E-state index contributed by atoms with van der Waals surface area (Å²) in [6, 6.07) is 1.51. The number of carbonyl (C=O) groups is 1. The molecule has 3 heterocycles. The van der Waals surface area contributed by atoms with Crippen molar-refractivity contribution in [3.63, 3.8) is 0 Å². The Morgan fingerprint density at radius 2 is 1.81 bits per heavy atom. The molecule has 1 aromatic rings. The van der Waals surface area contributed by atoms with E-state index in [2.05, 4.69) is 0 Å². The van der Waals surface area contributed by atoms with Crippen LogP contribution in [0.1, 0.15) is 23.2 Å². The van der Waals surface area contributed by atoms with Crippen LogP contribution in [-0.4, -0.2) is 62.9 Å². The van der Waals surface area contributed by atoms with E-state index in [1.54, 1.807) is 10.3 Å². The van der Waals surface area contributed by atoms with Crippen LogP contribution in [0, 0.1) is 0 Å². The molecular formula is C13H18N2O4S2. The summed E-state index contributed by atoms with van der Waals surface area (Å²) >= 11 is 1.12. The highest BCUT2D eigenvalue weighted by Gasteiger charge is 2.29. The Morgan fingerprint density at radius 3 is 2.48 bits per heavy atom. The first-order valence-electron chi connectivity index (χ1n) is 7.05. The number of hydrogen-bond donors (Lipinski definition) is 0. The molecule has 21 heavy (non-hydrogen) atoms. The van der Waals surface area contributed by atoms with Gasteiger partial charge in [-0.25, -0.2) is 8.42 Å². The average molecular weight is 330 g/mol. The second-order valence-corrected chi connectivity index (χ2v) is 8.25. The minimum absolute atomic E-state index is 0.0628. The van der Waals surface area contributed by atoms with Gasteiger partial charge in [-0.05, 0) is 18.9 Å². The van der Waals surface area contributed by atoms with E-state index in [1.165, 1.54) is 10.4 Å². The van der Waals surface area contributed by atoms with Crippen LogP contribution >= 0.6 is 11.3 Å². The van der Waals surface area contributed by atoms with E-state index in [0.29, 0.717) is 31.9 Å². The van der Waals surface area contributed by atoms with Crippen molar-refractivity contribution in [3.8, 4) is 0 Å². The molecule has 8 heteroatoms. The molecule has 3 rings (SSSR count). The quantitative estimate of drug-likeness (QED) is 0.829. The zero-order chi connectivity index (χ0) is 14.9. The predicted molar refractivity (Wildman–Crippen MR) is 79.0 cm³/mol. The highest BCUT2D eigenvalue weighted by molar-refractivity contribution is 7.91. The third-order valence-electron chi connectivity index (χ3n) is 3.78. The third-order valence-corrected chi connectivity index (χ3v) is 7.09. The van der Waals surface area contributed by atoms with Crippen LogP contribution in [0.3, 0.4) is 0 Å². The second kappa shape index (κ2) is 6.04. The fraction of sp³-hybridized carbons (Fsp3) is 0.615. The molecule has 0 radical (unpaired) electrons. The normalized spacial score (nSPS) is 20.9. The highest BCUT2D eigenvalue weighted by Crippen LogP contribution is 2.26. The number of thiophene rings is 1. The molecule has 1 amide bonds. The second-order valence-electron chi connectivity index (χ2n) is 5.17. The molecule has 1 aromatic heterocycles. The topological polar surface area (TPSA) is 66.9 Å². The van der Waals surface area contributed by atoms with Crippen molar-refractivity contribution in [2.24, 2.45) is 0 Å². The molecule has 0 aromatic carbocycles. The lowest BCUT2D eigenvalue weighted by Gasteiger charge is -2.25. The average Bonchev–Trinajstić information content (AvgIpc) is 3.19. The van der Waals surface area contributed by atoms with E-state index < -0.39 is 10.0 Å². The zero-order valence-corrected chi connectivity index (χ0v) is 13.3. The summed E-state index contributed by atoms with van der Waals surface area (Å²) in [5.41, 5.74) is 0.480. The van der Waals surface area contributed by atoms with E-state index >= 15 is 0 Å². The predicted octanol–water partition coefficient (Wildman–Crippen LogP) is 1.00. The molecule has 2 aliphatic rings. The van der Waals surface area contributed by atoms with Crippen molar-refractivity contribution in [2.75, 3.05) is 39.4 Å². The summed E-state index contributed by atoms with van der Waals surface area (Å²) in [7, 11) is -3.50. The van der Waals surface area contributed by atoms with Crippen LogP contribution in [-0.2, 0) is 14.8 Å². The number of amides is 1. The van der Waals surface area contributed by atoms with Crippen LogP contribution in [0.4, 0.5) is 0 Å². The fourth-order valence-electron chi connectivity index (χ4n) is 2.58. The van der Waals surface area contributed by atoms with E-state index in [-0.39, 0.29) is 10.1 Å². The molecule has 2 aliphatic heterocycles. The van der Waals surface area contributed by atoms with E-state index in [4.69, 9.17) is 4.74 Å². The fourth-order valence-corrected chi connectivity index (χ4v) is 5.30. The Hall–Kier alpha value is -0.960. The Bertz CT molecular complexity index is 614. The van der Waals surface area contributed by atoms with Gasteiger partial charge in [0.05, 0.1) is 18.8 Å². The smallest absolute Gasteiger partial charge is 0.254 e. The Balaban J connectivity index is 1.78. The number of carbonyl (C=O) groups excluding carboxylic acids is 1. The summed E-state index contributed by atoms with van der Waals surface area (Å²) in [5, 5.41) is 1.65. The molecule has 116 valence electrons. The molecular weight excluding hydrogens is 312 g/mol. The Morgan fingerprint density at radius 1 is 1.14 bits per heavy atom. The maximum atomic E-state index is 12.5. The number of sulfonamides is 1. The van der Waals surface area contributed by atoms with Crippen LogP contribution in [0.5, 0.6) is 0 Å². The number of nitrogens with zero attached hydrogens (tertiary/aromatic N) is 2. The maximum absolute atomic E-state index is 12.5. The summed E-state index contributed by atoms with van der Waals surface area (Å²) in [6.45, 7) is 3.11. The zero-order valence-electron chi connectivity index (χ0n) is 11.7. The van der Waals surface area contributed by atoms with Crippen molar-refractivity contribution in [1.29, 1.82) is 0 Å². The Labute approximate surface area is 128 Å². The molecule has 6 nitrogen and oxygen atoms in total. The number of likely N-dealkylation sites (tertiary alicyclic amines) is 1. The number of hydrogen-bond acceptors (Lipinski definition) is 5. The van der Waals surface area contributed by atoms with Crippen LogP contribution in [0.15, 0.2) is 15.7 Å². The summed E-state index contributed by atoms with van der Waals surface area (Å²) in [6.07, 6.45) is 2.05. The van der Waals surface area contributed by atoms with Gasteiger partial charge in [0.1, 0.15) is 4.21 Å². The molecule has 0 bridgehead atoms. The van der Waals surface area contributed by atoms with Gasteiger partial charge >= 0.3 is 0 Å². The molecule has 0 aliphatic carbocycles. The van der Waals surface area contributed by atoms with Gasteiger partial charge in [-0.2, -0.15) is 4.31 Å². The van der Waals surface area contributed by atoms with Gasteiger partial charge in [0.25, 0.3) is 15.9 Å². The first-order valence-corrected chi connectivity index (χ1v) is 9.37. The first kappa shape index (κ1) is 15.0. The number of rotatable bonds is 3. The Kier molecular flexibility index (Phi) is 4.30. The summed E-state index contributed by atoms with van der Waals surface area (Å²) < 4.78 is 31.8. The van der Waals surface area contributed by atoms with Crippen molar-refractivity contribution in [2.45, 2.75) is 17.1 Å². The van der Waals surface area contributed by atoms with Crippen LogP contribution in [0.25, 0.3) is 0 Å². The van der Waals surface area contributed by atoms with E-state index in [9.17, 15) is 13.2 Å². The van der Waals surface area contributed by atoms with Gasteiger partial charge < -0.3 is 9.64 Å². The minimum Gasteiger partial charge on any atom is -0.379 e. The minimum atomic E-state index is -3.50. The van der Waals surface area contributed by atoms with Gasteiger partial charge in [0, 0.05) is 31.6 Å². The lowest BCUT2D eigenvalue weighted by Crippen LogP contribution is -2.40. The van der Waals surface area contributed by atoms with Crippen LogP contribution in [0.2, 0.25) is 0 Å². The first-order chi connectivity index (χ1) is 10.1. The van der Waals surface area contributed by atoms with Crippen molar-refractivity contribution in [1.82, 2.24) is 9.21 Å². The monoisotopic (exact) mass is 330 g/mol. The standard InChI is InChI=1S/C13H18N2O4S2/c16-13(14-3-1-2-4-14)11-9-12(20-10-11)21(17,18)15-5-7-19-8-6-15/h9-10H,1-8H2. The lowest BCUT2D eigenvalue weighted by molar-refractivity contribution is 0.0731. The van der Waals surface area contributed by atoms with Crippen molar-refractivity contribution < 1.29 is 17.9 Å². The molecule has 0 unspecified atom stereocenters. The van der Waals surface area contributed by atoms with Gasteiger partial charge in [-0.1, -0.05) is 0 Å². The number of morpholine rings is 1. The van der Waals surface area contributed by atoms with Gasteiger partial charge in [-0.3, -0.25) is 4.79 Å². The molecule has 0 saturated carbocycles. The molecule has 0 N–H and O–H groups in total. The van der Waals surface area contributed by atoms with Gasteiger partial charge in [0.2, 0.25) is 0 Å².